The van der Waals surface area contributed by atoms with Gasteiger partial charge in [-0.2, -0.15) is 0 Å². The minimum atomic E-state index is -0.132. The van der Waals surface area contributed by atoms with E-state index in [0.29, 0.717) is 6.54 Å². The maximum absolute atomic E-state index is 6.20. The number of nitrogens with one attached hydrogen (secondary N) is 2. The molecule has 2 N–H and O–H groups in total. The molecule has 0 radical (unpaired) electrons. The van der Waals surface area contributed by atoms with Crippen molar-refractivity contribution in [3.05, 3.63) is 168 Å². The zero-order valence-electron chi connectivity index (χ0n) is 27.9. The number of para-hydroxylation sites is 3. The van der Waals surface area contributed by atoms with Crippen LogP contribution in [0, 0.1) is 0 Å². The zero-order valence-corrected chi connectivity index (χ0v) is 27.9. The van der Waals surface area contributed by atoms with Crippen LogP contribution in [-0.2, 0) is 13.0 Å². The Labute approximate surface area is 295 Å². The third-order valence-electron chi connectivity index (χ3n) is 10.9. The van der Waals surface area contributed by atoms with Crippen molar-refractivity contribution in [3.8, 4) is 16.8 Å². The van der Waals surface area contributed by atoms with E-state index in [0.717, 1.165) is 35.3 Å². The fraction of sp³-hybridized carbons (Fsp3) is 0.0870. The van der Waals surface area contributed by atoms with Gasteiger partial charge < -0.3 is 18.9 Å². The average Bonchev–Trinajstić information content (AvgIpc) is 3.85. The first-order valence-corrected chi connectivity index (χ1v) is 17.8. The second-order valence-electron chi connectivity index (χ2n) is 13.7. The molecule has 5 nitrogen and oxygen atoms in total. The Balaban J connectivity index is 1.04. The number of benzene rings is 6. The predicted octanol–water partition coefficient (Wildman–Crippen LogP) is 11.3. The van der Waals surface area contributed by atoms with Crippen molar-refractivity contribution in [3.63, 3.8) is 0 Å². The van der Waals surface area contributed by atoms with Gasteiger partial charge in [0.25, 0.3) is 0 Å². The van der Waals surface area contributed by atoms with Crippen molar-refractivity contribution in [1.82, 2.24) is 14.5 Å². The highest BCUT2D eigenvalue weighted by Crippen LogP contribution is 2.42. The Kier molecular flexibility index (Phi) is 6.21. The van der Waals surface area contributed by atoms with Gasteiger partial charge in [0.2, 0.25) is 0 Å². The Morgan fingerprint density at radius 2 is 1.31 bits per heavy atom. The lowest BCUT2D eigenvalue weighted by Crippen LogP contribution is -2.36. The van der Waals surface area contributed by atoms with Gasteiger partial charge in [0.15, 0.2) is 6.29 Å². The molecular formula is C46H34N4O. The minimum absolute atomic E-state index is 0.132. The van der Waals surface area contributed by atoms with Gasteiger partial charge in [-0.3, -0.25) is 5.32 Å². The highest BCUT2D eigenvalue weighted by molar-refractivity contribution is 6.09. The van der Waals surface area contributed by atoms with Crippen LogP contribution >= 0.6 is 0 Å². The minimum Gasteiger partial charge on any atom is -0.457 e. The predicted molar refractivity (Wildman–Crippen MR) is 210 cm³/mol. The van der Waals surface area contributed by atoms with Gasteiger partial charge in [0.1, 0.15) is 11.3 Å². The molecule has 51 heavy (non-hydrogen) atoms. The molecule has 5 heteroatoms. The van der Waals surface area contributed by atoms with Crippen molar-refractivity contribution in [2.75, 3.05) is 5.32 Å². The van der Waals surface area contributed by atoms with Crippen molar-refractivity contribution < 1.29 is 4.42 Å². The highest BCUT2D eigenvalue weighted by atomic mass is 16.3. The molecule has 0 spiro atoms. The standard InChI is InChI=1S/C46H34N4O/c1-2-11-29(12-3-1)30-13-10-14-33(25-30)49-39-18-7-5-16-35(39)38-26-31(22-24-41(38)49)32-21-23-36-34-15-4-8-19-40(34)50(42(36)27-32)46-47-28-44-45(48-46)37-17-6-9-20-43(37)51-44/h1-21,23,25-27,46-48H,22,24,28H2. The molecule has 0 bridgehead atoms. The van der Waals surface area contributed by atoms with Crippen LogP contribution in [0.15, 0.2) is 150 Å². The normalized spacial score (nSPS) is 15.6. The van der Waals surface area contributed by atoms with E-state index in [4.69, 9.17) is 4.42 Å². The number of allylic oxidation sites excluding steroid dienone is 1. The maximum atomic E-state index is 6.20. The summed E-state index contributed by atoms with van der Waals surface area (Å²) in [7, 11) is 0. The van der Waals surface area contributed by atoms with E-state index in [-0.39, 0.29) is 6.29 Å². The van der Waals surface area contributed by atoms with Crippen LogP contribution in [0.25, 0.3) is 72.1 Å². The number of aromatic nitrogens is 2. The largest absolute Gasteiger partial charge is 0.457 e. The first-order chi connectivity index (χ1) is 25.3. The maximum Gasteiger partial charge on any atom is 0.160 e. The molecule has 1 unspecified atom stereocenters. The summed E-state index contributed by atoms with van der Waals surface area (Å²) in [5.41, 5.74) is 14.7. The first kappa shape index (κ1) is 28.5. The van der Waals surface area contributed by atoms with E-state index in [1.807, 2.05) is 12.1 Å². The quantitative estimate of drug-likeness (QED) is 0.198. The number of nitrogens with zero attached hydrogens (tertiary/aromatic N) is 2. The summed E-state index contributed by atoms with van der Waals surface area (Å²) >= 11 is 0. The molecule has 1 atom stereocenters. The van der Waals surface area contributed by atoms with E-state index in [9.17, 15) is 0 Å². The summed E-state index contributed by atoms with van der Waals surface area (Å²) in [6.45, 7) is 0.654. The molecule has 0 saturated heterocycles. The molecule has 2 aliphatic rings. The summed E-state index contributed by atoms with van der Waals surface area (Å²) in [6.07, 6.45) is 4.26. The Bertz CT molecular complexity index is 2850. The SMILES string of the molecule is C1=C(c2ccc3c4ccccc4n(C4NCc5oc6ccccc6c5N4)c3c2)CCc2c1c1ccccc1n2-c1cccc(-c2ccccc2)c1. The third kappa shape index (κ3) is 4.38. The lowest BCUT2D eigenvalue weighted by molar-refractivity contribution is 0.410. The Morgan fingerprint density at radius 1 is 0.569 bits per heavy atom. The van der Waals surface area contributed by atoms with Gasteiger partial charge in [-0.25, -0.2) is 0 Å². The number of furan rings is 1. The molecule has 0 fully saturated rings. The van der Waals surface area contributed by atoms with E-state index >= 15 is 0 Å². The Morgan fingerprint density at radius 3 is 2.22 bits per heavy atom. The topological polar surface area (TPSA) is 47.1 Å². The number of fused-ring (bicyclic) bond motifs is 9. The molecule has 4 heterocycles. The van der Waals surface area contributed by atoms with Gasteiger partial charge in [0, 0.05) is 38.5 Å². The van der Waals surface area contributed by atoms with Crippen LogP contribution < -0.4 is 10.6 Å². The van der Waals surface area contributed by atoms with Crippen molar-refractivity contribution in [2.24, 2.45) is 0 Å². The average molecular weight is 659 g/mol. The summed E-state index contributed by atoms with van der Waals surface area (Å²) in [6, 6.07) is 52.6. The van der Waals surface area contributed by atoms with Crippen LogP contribution in [0.5, 0.6) is 0 Å². The molecular weight excluding hydrogens is 625 g/mol. The number of hydrogen-bond acceptors (Lipinski definition) is 3. The highest BCUT2D eigenvalue weighted by Gasteiger charge is 2.27. The number of rotatable bonds is 4. The van der Waals surface area contributed by atoms with E-state index < -0.39 is 0 Å². The van der Waals surface area contributed by atoms with Gasteiger partial charge in [0.05, 0.1) is 28.8 Å². The molecule has 0 saturated carbocycles. The van der Waals surface area contributed by atoms with Gasteiger partial charge in [-0.15, -0.1) is 0 Å². The summed E-state index contributed by atoms with van der Waals surface area (Å²) in [4.78, 5) is 0. The molecule has 6 aromatic carbocycles. The second-order valence-corrected chi connectivity index (χ2v) is 13.7. The Hall–Kier alpha value is -6.30. The second kappa shape index (κ2) is 11.1. The molecule has 11 rings (SSSR count). The summed E-state index contributed by atoms with van der Waals surface area (Å²) < 4.78 is 11.1. The van der Waals surface area contributed by atoms with Crippen molar-refractivity contribution in [2.45, 2.75) is 25.7 Å². The lowest BCUT2D eigenvalue weighted by atomic mass is 9.90. The first-order valence-electron chi connectivity index (χ1n) is 17.8. The smallest absolute Gasteiger partial charge is 0.160 e. The summed E-state index contributed by atoms with van der Waals surface area (Å²) in [5, 5.41) is 12.5. The van der Waals surface area contributed by atoms with E-state index in [1.54, 1.807) is 0 Å². The van der Waals surface area contributed by atoms with Gasteiger partial charge >= 0.3 is 0 Å². The molecule has 1 aliphatic heterocycles. The van der Waals surface area contributed by atoms with Crippen LogP contribution in [0.2, 0.25) is 0 Å². The van der Waals surface area contributed by atoms with Crippen LogP contribution in [-0.4, -0.2) is 9.13 Å². The summed E-state index contributed by atoms with van der Waals surface area (Å²) in [5.74, 6) is 0.947. The molecule has 9 aromatic rings. The third-order valence-corrected chi connectivity index (χ3v) is 10.9. The fourth-order valence-corrected chi connectivity index (χ4v) is 8.59. The monoisotopic (exact) mass is 658 g/mol. The van der Waals surface area contributed by atoms with E-state index in [1.165, 1.54) is 71.9 Å². The van der Waals surface area contributed by atoms with Crippen LogP contribution in [0.4, 0.5) is 5.69 Å². The van der Waals surface area contributed by atoms with Crippen molar-refractivity contribution in [1.29, 1.82) is 0 Å². The van der Waals surface area contributed by atoms with Gasteiger partial charge in [-0.1, -0.05) is 103 Å². The molecule has 244 valence electrons. The molecule has 1 aliphatic carbocycles. The lowest BCUT2D eigenvalue weighted by Gasteiger charge is -2.28. The number of hydrogen-bond donors (Lipinski definition) is 2. The van der Waals surface area contributed by atoms with Gasteiger partial charge in [-0.05, 0) is 83.6 Å². The number of anilines is 1. The molecule has 3 aromatic heterocycles. The zero-order chi connectivity index (χ0) is 33.5. The van der Waals surface area contributed by atoms with E-state index in [2.05, 4.69) is 159 Å². The molecule has 0 amide bonds. The van der Waals surface area contributed by atoms with Crippen molar-refractivity contribution >= 4 is 61.0 Å². The fourth-order valence-electron chi connectivity index (χ4n) is 8.59. The van der Waals surface area contributed by atoms with Crippen LogP contribution in [0.1, 0.15) is 35.3 Å². The van der Waals surface area contributed by atoms with Crippen LogP contribution in [0.3, 0.4) is 0 Å².